The summed E-state index contributed by atoms with van der Waals surface area (Å²) in [5.74, 6) is 1.27. The van der Waals surface area contributed by atoms with Crippen molar-refractivity contribution in [3.05, 3.63) is 50.7 Å². The lowest BCUT2D eigenvalue weighted by Gasteiger charge is -2.20. The first kappa shape index (κ1) is 19.3. The molecule has 1 aliphatic rings. The van der Waals surface area contributed by atoms with Crippen LogP contribution in [0.4, 0.5) is 5.95 Å². The van der Waals surface area contributed by atoms with Gasteiger partial charge in [0.15, 0.2) is 11.2 Å². The zero-order valence-electron chi connectivity index (χ0n) is 16.6. The maximum atomic E-state index is 12.5. The van der Waals surface area contributed by atoms with Crippen LogP contribution >= 0.6 is 0 Å². The molecular formula is C20H25N5O4. The van der Waals surface area contributed by atoms with Crippen molar-refractivity contribution in [2.75, 3.05) is 24.6 Å². The van der Waals surface area contributed by atoms with E-state index in [1.165, 1.54) is 4.57 Å². The number of fused-ring (bicyclic) bond motifs is 1. The Balaban J connectivity index is 1.65. The van der Waals surface area contributed by atoms with Crippen LogP contribution in [0.5, 0.6) is 5.75 Å². The number of hydrogen-bond acceptors (Lipinski definition) is 6. The second kappa shape index (κ2) is 7.75. The first-order valence-corrected chi connectivity index (χ1v) is 9.76. The van der Waals surface area contributed by atoms with Gasteiger partial charge in [-0.3, -0.25) is 14.3 Å². The van der Waals surface area contributed by atoms with Crippen LogP contribution in [0.3, 0.4) is 0 Å². The van der Waals surface area contributed by atoms with Gasteiger partial charge in [-0.2, -0.15) is 4.98 Å². The molecule has 4 rings (SSSR count). The smallest absolute Gasteiger partial charge is 0.329 e. The molecule has 0 radical (unpaired) electrons. The highest BCUT2D eigenvalue weighted by atomic mass is 16.5. The highest BCUT2D eigenvalue weighted by molar-refractivity contribution is 5.74. The molecule has 1 aromatic carbocycles. The van der Waals surface area contributed by atoms with E-state index in [0.717, 1.165) is 31.5 Å². The van der Waals surface area contributed by atoms with E-state index in [9.17, 15) is 14.7 Å². The van der Waals surface area contributed by atoms with Gasteiger partial charge in [0.1, 0.15) is 18.5 Å². The number of aliphatic hydroxyl groups excluding tert-OH is 1. The summed E-state index contributed by atoms with van der Waals surface area (Å²) in [6.45, 7) is 3.85. The van der Waals surface area contributed by atoms with Gasteiger partial charge in [0, 0.05) is 20.1 Å². The minimum atomic E-state index is -0.855. The van der Waals surface area contributed by atoms with Gasteiger partial charge in [-0.25, -0.2) is 4.79 Å². The summed E-state index contributed by atoms with van der Waals surface area (Å²) in [5, 5.41) is 10.6. The van der Waals surface area contributed by atoms with Crippen molar-refractivity contribution in [1.82, 2.24) is 19.1 Å². The Morgan fingerprint density at radius 3 is 2.59 bits per heavy atom. The van der Waals surface area contributed by atoms with Gasteiger partial charge in [-0.05, 0) is 31.9 Å². The first-order chi connectivity index (χ1) is 13.9. The quantitative estimate of drug-likeness (QED) is 0.634. The van der Waals surface area contributed by atoms with Crippen LogP contribution in [0.25, 0.3) is 11.2 Å². The minimum Gasteiger partial charge on any atom is -0.491 e. The molecule has 0 saturated carbocycles. The third kappa shape index (κ3) is 3.77. The zero-order valence-corrected chi connectivity index (χ0v) is 16.6. The lowest BCUT2D eigenvalue weighted by molar-refractivity contribution is 0.0936. The maximum absolute atomic E-state index is 12.5. The number of anilines is 1. The van der Waals surface area contributed by atoms with E-state index in [1.807, 2.05) is 31.2 Å². The Morgan fingerprint density at radius 1 is 1.21 bits per heavy atom. The monoisotopic (exact) mass is 399 g/mol. The number of rotatable bonds is 6. The van der Waals surface area contributed by atoms with E-state index in [1.54, 1.807) is 11.6 Å². The van der Waals surface area contributed by atoms with Crippen LogP contribution in [-0.2, 0) is 13.6 Å². The predicted molar refractivity (Wildman–Crippen MR) is 110 cm³/mol. The number of aryl methyl sites for hydroxylation is 2. The van der Waals surface area contributed by atoms with Crippen LogP contribution in [-0.4, -0.2) is 50.0 Å². The van der Waals surface area contributed by atoms with Gasteiger partial charge in [0.25, 0.3) is 5.56 Å². The molecule has 3 aromatic rings. The molecule has 1 fully saturated rings. The maximum Gasteiger partial charge on any atom is 0.329 e. The first-order valence-electron chi connectivity index (χ1n) is 9.76. The number of nitrogens with zero attached hydrogens (tertiary/aromatic N) is 4. The molecule has 0 bridgehead atoms. The second-order valence-corrected chi connectivity index (χ2v) is 7.48. The van der Waals surface area contributed by atoms with Gasteiger partial charge in [-0.15, -0.1) is 0 Å². The number of ether oxygens (including phenoxy) is 1. The molecule has 0 aliphatic carbocycles. The number of hydrogen-bond donors (Lipinski definition) is 2. The molecule has 29 heavy (non-hydrogen) atoms. The standard InChI is InChI=1S/C20H25N5O4/c1-13-5-7-15(8-6-13)29-12-14(26)11-25-16-17(23(2)20(28)22-18(16)27)21-19(25)24-9-3-4-10-24/h5-8,14,26H,3-4,9-12H2,1-2H3,(H,22,27,28)/t14-/m1/s1. The van der Waals surface area contributed by atoms with Gasteiger partial charge in [0.2, 0.25) is 5.95 Å². The average Bonchev–Trinajstić information content (AvgIpc) is 3.34. The van der Waals surface area contributed by atoms with E-state index in [2.05, 4.69) is 14.9 Å². The number of imidazole rings is 1. The molecule has 2 N–H and O–H groups in total. The molecule has 1 saturated heterocycles. The van der Waals surface area contributed by atoms with Crippen molar-refractivity contribution in [2.45, 2.75) is 32.4 Å². The second-order valence-electron chi connectivity index (χ2n) is 7.48. The number of H-pyrrole nitrogens is 1. The lowest BCUT2D eigenvalue weighted by atomic mass is 10.2. The fourth-order valence-corrected chi connectivity index (χ4v) is 3.64. The molecule has 2 aromatic heterocycles. The van der Waals surface area contributed by atoms with E-state index < -0.39 is 17.4 Å². The number of nitrogens with one attached hydrogen (secondary N) is 1. The molecular weight excluding hydrogens is 374 g/mol. The number of aliphatic hydroxyl groups is 1. The third-order valence-electron chi connectivity index (χ3n) is 5.23. The van der Waals surface area contributed by atoms with Crippen molar-refractivity contribution >= 4 is 17.1 Å². The topological polar surface area (TPSA) is 105 Å². The summed E-state index contributed by atoms with van der Waals surface area (Å²) in [5.41, 5.74) is 0.703. The van der Waals surface area contributed by atoms with Crippen molar-refractivity contribution in [3.8, 4) is 5.75 Å². The Hall–Kier alpha value is -3.07. The van der Waals surface area contributed by atoms with E-state index in [-0.39, 0.29) is 18.7 Å². The van der Waals surface area contributed by atoms with E-state index in [0.29, 0.717) is 17.3 Å². The lowest BCUT2D eigenvalue weighted by Crippen LogP contribution is -2.31. The summed E-state index contributed by atoms with van der Waals surface area (Å²) in [7, 11) is 1.57. The van der Waals surface area contributed by atoms with E-state index >= 15 is 0 Å². The molecule has 0 unspecified atom stereocenters. The Labute approximate surface area is 167 Å². The molecule has 0 amide bonds. The fourth-order valence-electron chi connectivity index (χ4n) is 3.64. The fraction of sp³-hybridized carbons (Fsp3) is 0.450. The van der Waals surface area contributed by atoms with Crippen molar-refractivity contribution in [2.24, 2.45) is 7.05 Å². The van der Waals surface area contributed by atoms with Gasteiger partial charge in [-0.1, -0.05) is 17.7 Å². The largest absolute Gasteiger partial charge is 0.491 e. The van der Waals surface area contributed by atoms with Gasteiger partial charge < -0.3 is 19.3 Å². The highest BCUT2D eigenvalue weighted by Crippen LogP contribution is 2.23. The molecule has 9 heteroatoms. The summed E-state index contributed by atoms with van der Waals surface area (Å²) >= 11 is 0. The van der Waals surface area contributed by atoms with Crippen LogP contribution in [0, 0.1) is 6.92 Å². The molecule has 3 heterocycles. The Morgan fingerprint density at radius 2 is 1.90 bits per heavy atom. The van der Waals surface area contributed by atoms with Gasteiger partial charge >= 0.3 is 5.69 Å². The van der Waals surface area contributed by atoms with Crippen LogP contribution < -0.4 is 20.9 Å². The Bertz CT molecular complexity index is 1120. The molecule has 0 spiro atoms. The summed E-state index contributed by atoms with van der Waals surface area (Å²) in [6.07, 6.45) is 1.22. The van der Waals surface area contributed by atoms with Gasteiger partial charge in [0.05, 0.1) is 6.54 Å². The highest BCUT2D eigenvalue weighted by Gasteiger charge is 2.25. The normalized spacial score (nSPS) is 15.2. The average molecular weight is 399 g/mol. The predicted octanol–water partition coefficient (Wildman–Crippen LogP) is 0.772. The molecule has 9 nitrogen and oxygen atoms in total. The van der Waals surface area contributed by atoms with Crippen molar-refractivity contribution in [1.29, 1.82) is 0 Å². The van der Waals surface area contributed by atoms with Crippen LogP contribution in [0.1, 0.15) is 18.4 Å². The number of aromatic amines is 1. The summed E-state index contributed by atoms with van der Waals surface area (Å²) in [4.78, 5) is 33.5. The molecule has 1 atom stereocenters. The van der Waals surface area contributed by atoms with E-state index in [4.69, 9.17) is 4.74 Å². The SMILES string of the molecule is Cc1ccc(OC[C@H](O)Cn2c(N3CCCC3)nc3c2c(=O)[nH]c(=O)n3C)cc1. The number of aromatic nitrogens is 4. The van der Waals surface area contributed by atoms with Crippen molar-refractivity contribution < 1.29 is 9.84 Å². The summed E-state index contributed by atoms with van der Waals surface area (Å²) in [6, 6.07) is 7.59. The Kier molecular flexibility index (Phi) is 5.14. The molecule has 1 aliphatic heterocycles. The summed E-state index contributed by atoms with van der Waals surface area (Å²) < 4.78 is 8.70. The van der Waals surface area contributed by atoms with Crippen LogP contribution in [0.2, 0.25) is 0 Å². The minimum absolute atomic E-state index is 0.0752. The number of benzene rings is 1. The molecule has 154 valence electrons. The zero-order chi connectivity index (χ0) is 20.5. The third-order valence-corrected chi connectivity index (χ3v) is 5.23. The van der Waals surface area contributed by atoms with Crippen molar-refractivity contribution in [3.63, 3.8) is 0 Å². The van der Waals surface area contributed by atoms with Crippen LogP contribution in [0.15, 0.2) is 33.9 Å².